The van der Waals surface area contributed by atoms with Crippen LogP contribution in [0.5, 0.6) is 0 Å². The van der Waals surface area contributed by atoms with E-state index in [1.54, 1.807) is 43.1 Å². The van der Waals surface area contributed by atoms with E-state index in [1.165, 1.54) is 4.90 Å². The Bertz CT molecular complexity index is 741. The van der Waals surface area contributed by atoms with Crippen LogP contribution >= 0.6 is 0 Å². The first-order chi connectivity index (χ1) is 13.2. The summed E-state index contributed by atoms with van der Waals surface area (Å²) in [5.41, 5.74) is 6.35. The number of nitrogen functional groups attached to an aromatic ring is 1. The lowest BCUT2D eigenvalue weighted by Gasteiger charge is -2.35. The van der Waals surface area contributed by atoms with Gasteiger partial charge in [0.15, 0.2) is 0 Å². The van der Waals surface area contributed by atoms with Crippen molar-refractivity contribution in [3.8, 4) is 0 Å². The third-order valence-corrected chi connectivity index (χ3v) is 4.90. The summed E-state index contributed by atoms with van der Waals surface area (Å²) in [5, 5.41) is 16.1. The maximum atomic E-state index is 12.7. The number of amidine groups is 1. The molecule has 28 heavy (non-hydrogen) atoms. The zero-order chi connectivity index (χ0) is 20.8. The van der Waals surface area contributed by atoms with Crippen LogP contribution in [0.3, 0.4) is 0 Å². The predicted molar refractivity (Wildman–Crippen MR) is 102 cm³/mol. The molecule has 2 rings (SSSR count). The summed E-state index contributed by atoms with van der Waals surface area (Å²) in [6.07, 6.45) is 0.959. The highest BCUT2D eigenvalue weighted by atomic mass is 16.5. The molecule has 1 aliphatic heterocycles. The average Bonchev–Trinajstić information content (AvgIpc) is 2.70. The Labute approximate surface area is 163 Å². The van der Waals surface area contributed by atoms with Gasteiger partial charge in [-0.15, -0.1) is 0 Å². The summed E-state index contributed by atoms with van der Waals surface area (Å²) in [5.74, 6) is -1.54. The number of carbonyl (C=O) groups is 3. The van der Waals surface area contributed by atoms with Gasteiger partial charge in [0.2, 0.25) is 5.91 Å². The fraction of sp³-hybridized carbons (Fsp3) is 0.474. The molecule has 1 unspecified atom stereocenters. The number of piperidine rings is 1. The fourth-order valence-electron chi connectivity index (χ4n) is 3.03. The topological polar surface area (TPSA) is 137 Å². The molecular formula is C19H26N4O5. The smallest absolute Gasteiger partial charge is 0.329 e. The number of nitrogens with two attached hydrogens (primary N) is 1. The van der Waals surface area contributed by atoms with Crippen LogP contribution in [0.15, 0.2) is 24.3 Å². The van der Waals surface area contributed by atoms with Crippen molar-refractivity contribution in [2.45, 2.75) is 31.9 Å². The van der Waals surface area contributed by atoms with Crippen LogP contribution < -0.4 is 5.73 Å². The molecule has 1 aromatic carbocycles. The Balaban J connectivity index is 1.92. The lowest BCUT2D eigenvalue weighted by Crippen LogP contribution is -2.50. The van der Waals surface area contributed by atoms with E-state index < -0.39 is 12.0 Å². The van der Waals surface area contributed by atoms with E-state index in [1.807, 2.05) is 0 Å². The molecule has 1 fully saturated rings. The molecule has 1 atom stereocenters. The standard InChI is InChI=1S/C19H26N4O5/c1-12(18(26)23-9-7-15(8-10-23)28-11-16(24)25)22(2)19(27)14-5-3-13(4-6-14)17(20)21/h3-6,12,15H,7-11H2,1-2H3,(H3,20,21)(H,24,25). The Morgan fingerprint density at radius 1 is 1.25 bits per heavy atom. The van der Waals surface area contributed by atoms with Crippen LogP contribution in [-0.4, -0.2) is 77.4 Å². The number of nitrogens with one attached hydrogen (secondary N) is 1. The van der Waals surface area contributed by atoms with Crippen LogP contribution in [0.4, 0.5) is 0 Å². The maximum Gasteiger partial charge on any atom is 0.329 e. The number of likely N-dealkylation sites (tertiary alicyclic amines) is 1. The highest BCUT2D eigenvalue weighted by Gasteiger charge is 2.30. The molecule has 1 heterocycles. The molecule has 0 spiro atoms. The molecule has 1 saturated heterocycles. The molecule has 0 bridgehead atoms. The number of carbonyl (C=O) groups excluding carboxylic acids is 2. The molecular weight excluding hydrogens is 364 g/mol. The van der Waals surface area contributed by atoms with Crippen LogP contribution in [0, 0.1) is 5.41 Å². The lowest BCUT2D eigenvalue weighted by atomic mass is 10.1. The summed E-state index contributed by atoms with van der Waals surface area (Å²) >= 11 is 0. The maximum absolute atomic E-state index is 12.7. The van der Waals surface area contributed by atoms with Crippen molar-refractivity contribution < 1.29 is 24.2 Å². The number of benzene rings is 1. The van der Waals surface area contributed by atoms with Gasteiger partial charge in [0, 0.05) is 31.3 Å². The quantitative estimate of drug-likeness (QED) is 0.459. The second kappa shape index (κ2) is 9.32. The molecule has 0 aromatic heterocycles. The first kappa shape index (κ1) is 21.4. The molecule has 152 valence electrons. The largest absolute Gasteiger partial charge is 0.480 e. The van der Waals surface area contributed by atoms with E-state index in [4.69, 9.17) is 21.0 Å². The molecule has 4 N–H and O–H groups in total. The number of hydrogen-bond donors (Lipinski definition) is 3. The van der Waals surface area contributed by atoms with E-state index in [9.17, 15) is 14.4 Å². The third-order valence-electron chi connectivity index (χ3n) is 4.90. The van der Waals surface area contributed by atoms with Gasteiger partial charge in [-0.1, -0.05) is 12.1 Å². The minimum Gasteiger partial charge on any atom is -0.480 e. The zero-order valence-corrected chi connectivity index (χ0v) is 16.1. The lowest BCUT2D eigenvalue weighted by molar-refractivity contribution is -0.147. The Hall–Kier alpha value is -2.94. The zero-order valence-electron chi connectivity index (χ0n) is 16.1. The van der Waals surface area contributed by atoms with Crippen molar-refractivity contribution in [3.63, 3.8) is 0 Å². The number of carboxylic acid groups (broad SMARTS) is 1. The normalized spacial score (nSPS) is 15.7. The first-order valence-electron chi connectivity index (χ1n) is 9.04. The second-order valence-corrected chi connectivity index (χ2v) is 6.81. The van der Waals surface area contributed by atoms with Crippen LogP contribution in [0.2, 0.25) is 0 Å². The number of carboxylic acids is 1. The van der Waals surface area contributed by atoms with Crippen LogP contribution in [-0.2, 0) is 14.3 Å². The van der Waals surface area contributed by atoms with Gasteiger partial charge in [0.25, 0.3) is 5.91 Å². The monoisotopic (exact) mass is 390 g/mol. The van der Waals surface area contributed by atoms with E-state index >= 15 is 0 Å². The van der Waals surface area contributed by atoms with Crippen molar-refractivity contribution in [1.82, 2.24) is 9.80 Å². The summed E-state index contributed by atoms with van der Waals surface area (Å²) in [6, 6.07) is 5.71. The minimum atomic E-state index is -1.01. The van der Waals surface area contributed by atoms with Gasteiger partial charge in [-0.25, -0.2) is 4.79 Å². The fourth-order valence-corrected chi connectivity index (χ4v) is 3.03. The van der Waals surface area contributed by atoms with Crippen molar-refractivity contribution in [1.29, 1.82) is 5.41 Å². The number of ether oxygens (including phenoxy) is 1. The van der Waals surface area contributed by atoms with E-state index in [0.717, 1.165) is 0 Å². The third kappa shape index (κ3) is 5.29. The molecule has 9 heteroatoms. The summed E-state index contributed by atoms with van der Waals surface area (Å²) in [4.78, 5) is 39.0. The molecule has 0 radical (unpaired) electrons. The summed E-state index contributed by atoms with van der Waals surface area (Å²) in [6.45, 7) is 2.26. The Morgan fingerprint density at radius 3 is 2.29 bits per heavy atom. The van der Waals surface area contributed by atoms with Crippen molar-refractivity contribution in [2.24, 2.45) is 5.73 Å². The van der Waals surface area contributed by atoms with Gasteiger partial charge in [-0.2, -0.15) is 0 Å². The highest BCUT2D eigenvalue weighted by molar-refractivity contribution is 5.99. The van der Waals surface area contributed by atoms with Gasteiger partial charge in [0.05, 0.1) is 6.10 Å². The molecule has 0 saturated carbocycles. The first-order valence-corrected chi connectivity index (χ1v) is 9.04. The van der Waals surface area contributed by atoms with Gasteiger partial charge in [0.1, 0.15) is 18.5 Å². The summed E-state index contributed by atoms with van der Waals surface area (Å²) in [7, 11) is 1.58. The van der Waals surface area contributed by atoms with Crippen LogP contribution in [0.25, 0.3) is 0 Å². The number of aliphatic carboxylic acids is 1. The highest BCUT2D eigenvalue weighted by Crippen LogP contribution is 2.17. The number of rotatable bonds is 7. The number of hydrogen-bond acceptors (Lipinski definition) is 5. The van der Waals surface area contributed by atoms with E-state index in [0.29, 0.717) is 37.1 Å². The summed E-state index contributed by atoms with van der Waals surface area (Å²) < 4.78 is 5.28. The Kier molecular flexibility index (Phi) is 7.11. The molecule has 0 aliphatic carbocycles. The van der Waals surface area contributed by atoms with E-state index in [-0.39, 0.29) is 30.4 Å². The average molecular weight is 390 g/mol. The van der Waals surface area contributed by atoms with E-state index in [2.05, 4.69) is 0 Å². The number of nitrogens with zero attached hydrogens (tertiary/aromatic N) is 2. The number of likely N-dealkylation sites (N-methyl/N-ethyl adjacent to an activating group) is 1. The Morgan fingerprint density at radius 2 is 1.79 bits per heavy atom. The van der Waals surface area contributed by atoms with Crippen molar-refractivity contribution >= 4 is 23.6 Å². The van der Waals surface area contributed by atoms with Gasteiger partial charge in [-0.3, -0.25) is 15.0 Å². The molecule has 2 amide bonds. The van der Waals surface area contributed by atoms with Gasteiger partial charge < -0.3 is 25.4 Å². The molecule has 9 nitrogen and oxygen atoms in total. The van der Waals surface area contributed by atoms with Gasteiger partial charge >= 0.3 is 5.97 Å². The number of amides is 2. The second-order valence-electron chi connectivity index (χ2n) is 6.81. The van der Waals surface area contributed by atoms with Crippen LogP contribution in [0.1, 0.15) is 35.7 Å². The minimum absolute atomic E-state index is 0.0772. The van der Waals surface area contributed by atoms with Crippen molar-refractivity contribution in [2.75, 3.05) is 26.7 Å². The molecule has 1 aromatic rings. The predicted octanol–water partition coefficient (Wildman–Crippen LogP) is 0.523. The van der Waals surface area contributed by atoms with Gasteiger partial charge in [-0.05, 0) is 31.9 Å². The SMILES string of the molecule is CC(C(=O)N1CCC(OCC(=O)O)CC1)N(C)C(=O)c1ccc(C(=N)N)cc1. The molecule has 1 aliphatic rings. The van der Waals surface area contributed by atoms with Crippen molar-refractivity contribution in [3.05, 3.63) is 35.4 Å².